The number of thiazole rings is 1. The third-order valence-corrected chi connectivity index (χ3v) is 6.31. The van der Waals surface area contributed by atoms with E-state index in [-0.39, 0.29) is 6.61 Å². The molecule has 2 heterocycles. The Hall–Kier alpha value is -2.21. The second-order valence-electron chi connectivity index (χ2n) is 7.24. The van der Waals surface area contributed by atoms with Crippen LogP contribution in [0, 0.1) is 0 Å². The number of para-hydroxylation sites is 2. The molecule has 0 amide bonds. The maximum absolute atomic E-state index is 10.6. The van der Waals surface area contributed by atoms with Gasteiger partial charge in [0.25, 0.3) is 0 Å². The van der Waals surface area contributed by atoms with Crippen LogP contribution in [0.15, 0.2) is 61.2 Å². The van der Waals surface area contributed by atoms with Gasteiger partial charge in [0.1, 0.15) is 23.5 Å². The number of aliphatic hydroxyl groups excluding tert-OH is 1. The first-order valence-electron chi connectivity index (χ1n) is 9.84. The first kappa shape index (κ1) is 19.1. The number of likely N-dealkylation sites (tertiary alicyclic amines) is 1. The number of aromatic nitrogens is 1. The minimum atomic E-state index is -0.535. The maximum Gasteiger partial charge on any atom is 0.122 e. The van der Waals surface area contributed by atoms with Gasteiger partial charge in [-0.1, -0.05) is 36.4 Å². The molecule has 1 aliphatic heterocycles. The van der Waals surface area contributed by atoms with E-state index in [1.54, 1.807) is 11.3 Å². The second kappa shape index (κ2) is 8.86. The largest absolute Gasteiger partial charge is 0.491 e. The van der Waals surface area contributed by atoms with E-state index in [0.717, 1.165) is 47.6 Å². The molecule has 0 spiro atoms. The van der Waals surface area contributed by atoms with Gasteiger partial charge in [0.15, 0.2) is 0 Å². The van der Waals surface area contributed by atoms with Crippen molar-refractivity contribution in [3.05, 3.63) is 71.8 Å². The van der Waals surface area contributed by atoms with Crippen molar-refractivity contribution in [3.63, 3.8) is 0 Å². The zero-order valence-corrected chi connectivity index (χ0v) is 16.8. The predicted molar refractivity (Wildman–Crippen MR) is 115 cm³/mol. The molecule has 1 aromatic heterocycles. The molecule has 1 saturated heterocycles. The molecule has 2 unspecified atom stereocenters. The summed E-state index contributed by atoms with van der Waals surface area (Å²) in [5.41, 5.74) is 2.16. The number of aliphatic hydroxyl groups is 1. The molecule has 0 bridgehead atoms. The molecular weight excluding hydrogens is 368 g/mol. The molecule has 28 heavy (non-hydrogen) atoms. The summed E-state index contributed by atoms with van der Waals surface area (Å²) in [6.07, 6.45) is 4.32. The molecule has 4 rings (SSSR count). The van der Waals surface area contributed by atoms with Gasteiger partial charge >= 0.3 is 0 Å². The van der Waals surface area contributed by atoms with Gasteiger partial charge in [-0.15, -0.1) is 17.9 Å². The van der Waals surface area contributed by atoms with E-state index in [4.69, 9.17) is 9.72 Å². The summed E-state index contributed by atoms with van der Waals surface area (Å²) >= 11 is 1.77. The van der Waals surface area contributed by atoms with Crippen molar-refractivity contribution in [2.24, 2.45) is 0 Å². The first-order chi connectivity index (χ1) is 13.7. The maximum atomic E-state index is 10.6. The third-order valence-electron chi connectivity index (χ3n) is 5.17. The van der Waals surface area contributed by atoms with Gasteiger partial charge in [-0.05, 0) is 49.6 Å². The van der Waals surface area contributed by atoms with Crippen molar-refractivity contribution in [2.75, 3.05) is 19.7 Å². The molecule has 2 aromatic carbocycles. The number of hydrogen-bond acceptors (Lipinski definition) is 5. The van der Waals surface area contributed by atoms with Crippen molar-refractivity contribution in [3.8, 4) is 5.75 Å². The van der Waals surface area contributed by atoms with Crippen LogP contribution in [0.3, 0.4) is 0 Å². The zero-order valence-electron chi connectivity index (χ0n) is 16.0. The van der Waals surface area contributed by atoms with Gasteiger partial charge in [-0.3, -0.25) is 4.90 Å². The van der Waals surface area contributed by atoms with Crippen LogP contribution in [0.1, 0.15) is 29.5 Å². The topological polar surface area (TPSA) is 45.6 Å². The molecule has 4 nitrogen and oxygen atoms in total. The number of ether oxygens (including phenoxy) is 1. The second-order valence-corrected chi connectivity index (χ2v) is 8.30. The number of fused-ring (bicyclic) bond motifs is 1. The highest BCUT2D eigenvalue weighted by atomic mass is 32.1. The van der Waals surface area contributed by atoms with E-state index in [2.05, 4.69) is 29.7 Å². The van der Waals surface area contributed by atoms with Crippen LogP contribution in [0.4, 0.5) is 0 Å². The number of β-amino-alcohol motifs (C(OH)–C–C–N with tert-alkyl or cyclic N) is 1. The van der Waals surface area contributed by atoms with E-state index in [1.165, 1.54) is 4.70 Å². The van der Waals surface area contributed by atoms with Crippen LogP contribution in [-0.2, 0) is 6.42 Å². The minimum absolute atomic E-state index is 0.289. The van der Waals surface area contributed by atoms with Crippen molar-refractivity contribution in [1.82, 2.24) is 9.88 Å². The minimum Gasteiger partial charge on any atom is -0.491 e. The first-order valence-corrected chi connectivity index (χ1v) is 10.7. The molecule has 0 saturated carbocycles. The standard InChI is InChI=1S/C23H26N2O2S/c1-2-8-17-9-3-5-12-21(17)27-16-18(26)15-25-14-7-11-20(25)23-24-19-10-4-6-13-22(19)28-23/h2-6,9-10,12-13,18,20,26H,1,7-8,11,14-16H2. The predicted octanol–water partition coefficient (Wildman–Crippen LogP) is 4.60. The lowest BCUT2D eigenvalue weighted by atomic mass is 10.1. The molecule has 1 fully saturated rings. The van der Waals surface area contributed by atoms with Crippen LogP contribution in [0.5, 0.6) is 5.75 Å². The lowest BCUT2D eigenvalue weighted by Crippen LogP contribution is -2.35. The van der Waals surface area contributed by atoms with Gasteiger partial charge in [0.2, 0.25) is 0 Å². The summed E-state index contributed by atoms with van der Waals surface area (Å²) in [6, 6.07) is 16.5. The lowest BCUT2D eigenvalue weighted by molar-refractivity contribution is 0.0636. The Kier molecular flexibility index (Phi) is 6.05. The molecule has 3 aromatic rings. The highest BCUT2D eigenvalue weighted by Crippen LogP contribution is 2.36. The lowest BCUT2D eigenvalue weighted by Gasteiger charge is -2.25. The van der Waals surface area contributed by atoms with Crippen LogP contribution in [0.2, 0.25) is 0 Å². The van der Waals surface area contributed by atoms with E-state index in [9.17, 15) is 5.11 Å². The smallest absolute Gasteiger partial charge is 0.122 e. The Bertz CT molecular complexity index is 906. The number of allylic oxidation sites excluding steroid dienone is 1. The van der Waals surface area contributed by atoms with Crippen LogP contribution in [0.25, 0.3) is 10.2 Å². The number of hydrogen-bond donors (Lipinski definition) is 1. The van der Waals surface area contributed by atoms with E-state index >= 15 is 0 Å². The zero-order chi connectivity index (χ0) is 19.3. The SMILES string of the molecule is C=CCc1ccccc1OCC(O)CN1CCCC1c1nc2ccccc2s1. The van der Waals surface area contributed by atoms with Gasteiger partial charge < -0.3 is 9.84 Å². The van der Waals surface area contributed by atoms with E-state index < -0.39 is 6.10 Å². The average molecular weight is 395 g/mol. The molecule has 2 atom stereocenters. The van der Waals surface area contributed by atoms with Crippen molar-refractivity contribution >= 4 is 21.6 Å². The Labute approximate surface area is 170 Å². The molecule has 1 N–H and O–H groups in total. The Morgan fingerprint density at radius 3 is 2.93 bits per heavy atom. The third kappa shape index (κ3) is 4.27. The molecule has 146 valence electrons. The summed E-state index contributed by atoms with van der Waals surface area (Å²) in [6.45, 7) is 5.68. The number of rotatable bonds is 8. The summed E-state index contributed by atoms with van der Waals surface area (Å²) in [4.78, 5) is 7.18. The Morgan fingerprint density at radius 2 is 2.07 bits per heavy atom. The molecular formula is C23H26N2O2S. The fourth-order valence-electron chi connectivity index (χ4n) is 3.84. The van der Waals surface area contributed by atoms with Gasteiger partial charge in [0.05, 0.1) is 16.3 Å². The summed E-state index contributed by atoms with van der Waals surface area (Å²) < 4.78 is 7.14. The monoisotopic (exact) mass is 394 g/mol. The highest BCUT2D eigenvalue weighted by molar-refractivity contribution is 7.18. The number of nitrogens with zero attached hydrogens (tertiary/aromatic N) is 2. The van der Waals surface area contributed by atoms with E-state index in [0.29, 0.717) is 12.6 Å². The normalized spacial score (nSPS) is 18.4. The fourth-order valence-corrected chi connectivity index (χ4v) is 4.97. The number of benzene rings is 2. The average Bonchev–Trinajstić information content (AvgIpc) is 3.33. The van der Waals surface area contributed by atoms with Crippen LogP contribution < -0.4 is 4.74 Å². The van der Waals surface area contributed by atoms with Crippen molar-refractivity contribution < 1.29 is 9.84 Å². The summed E-state index contributed by atoms with van der Waals surface area (Å²) in [5, 5.41) is 11.7. The van der Waals surface area contributed by atoms with Crippen molar-refractivity contribution in [2.45, 2.75) is 31.4 Å². The van der Waals surface area contributed by atoms with E-state index in [1.807, 2.05) is 36.4 Å². The fraction of sp³-hybridized carbons (Fsp3) is 0.348. The quantitative estimate of drug-likeness (QED) is 0.567. The molecule has 0 aliphatic carbocycles. The van der Waals surface area contributed by atoms with Crippen LogP contribution >= 0.6 is 11.3 Å². The highest BCUT2D eigenvalue weighted by Gasteiger charge is 2.30. The Morgan fingerprint density at radius 1 is 1.25 bits per heavy atom. The summed E-state index contributed by atoms with van der Waals surface area (Å²) in [7, 11) is 0. The summed E-state index contributed by atoms with van der Waals surface area (Å²) in [5.74, 6) is 0.825. The van der Waals surface area contributed by atoms with Crippen molar-refractivity contribution in [1.29, 1.82) is 0 Å². The van der Waals surface area contributed by atoms with Gasteiger partial charge in [0, 0.05) is 6.54 Å². The Balaban J connectivity index is 1.38. The molecule has 5 heteroatoms. The van der Waals surface area contributed by atoms with Crippen LogP contribution in [-0.4, -0.2) is 40.8 Å². The molecule has 0 radical (unpaired) electrons. The van der Waals surface area contributed by atoms with Gasteiger partial charge in [-0.25, -0.2) is 4.98 Å². The van der Waals surface area contributed by atoms with Gasteiger partial charge in [-0.2, -0.15) is 0 Å². The molecule has 1 aliphatic rings.